The number of nitrogen functional groups attached to an aromatic ring is 1. The molecule has 0 amide bonds. The lowest BCUT2D eigenvalue weighted by Gasteiger charge is -2.12. The molecule has 0 saturated heterocycles. The van der Waals surface area contributed by atoms with E-state index in [1.54, 1.807) is 18.2 Å². The molecule has 0 spiro atoms. The van der Waals surface area contributed by atoms with Crippen LogP contribution in [-0.2, 0) is 15.8 Å². The molecule has 0 aliphatic carbocycles. The van der Waals surface area contributed by atoms with Crippen molar-refractivity contribution >= 4 is 31.6 Å². The number of hydrogen-bond acceptors (Lipinski definition) is 3. The summed E-state index contributed by atoms with van der Waals surface area (Å²) < 4.78 is 25.2. The van der Waals surface area contributed by atoms with Gasteiger partial charge < -0.3 is 5.73 Å². The minimum Gasteiger partial charge on any atom is -0.398 e. The second-order valence-corrected chi connectivity index (χ2v) is 6.48. The Kier molecular flexibility index (Phi) is 3.75. The van der Waals surface area contributed by atoms with E-state index < -0.39 is 10.0 Å². The van der Waals surface area contributed by atoms with Crippen LogP contribution in [0.4, 0.5) is 5.69 Å². The summed E-state index contributed by atoms with van der Waals surface area (Å²) in [7, 11) is -0.251. The molecule has 0 unspecified atom stereocenters. The molecule has 84 valence electrons. The fourth-order valence-electron chi connectivity index (χ4n) is 1.02. The smallest absolute Gasteiger partial charge is 0.217 e. The number of benzene rings is 1. The van der Waals surface area contributed by atoms with E-state index in [4.69, 9.17) is 5.73 Å². The lowest BCUT2D eigenvalue weighted by molar-refractivity contribution is 0.520. The van der Waals surface area contributed by atoms with Gasteiger partial charge in [-0.2, -0.15) is 0 Å². The van der Waals surface area contributed by atoms with Crippen LogP contribution in [-0.4, -0.2) is 26.8 Å². The van der Waals surface area contributed by atoms with E-state index in [9.17, 15) is 8.42 Å². The first-order valence-electron chi connectivity index (χ1n) is 4.27. The molecule has 1 rings (SSSR count). The van der Waals surface area contributed by atoms with Crippen molar-refractivity contribution in [1.29, 1.82) is 0 Å². The second-order valence-electron chi connectivity index (χ2n) is 3.38. The van der Waals surface area contributed by atoms with Crippen molar-refractivity contribution in [1.82, 2.24) is 4.31 Å². The Labute approximate surface area is 98.3 Å². The van der Waals surface area contributed by atoms with E-state index in [1.807, 2.05) is 0 Å². The molecule has 2 N–H and O–H groups in total. The fourth-order valence-corrected chi connectivity index (χ4v) is 2.33. The molecule has 0 radical (unpaired) electrons. The minimum absolute atomic E-state index is 0.0781. The molecule has 6 heteroatoms. The van der Waals surface area contributed by atoms with E-state index >= 15 is 0 Å². The number of nitrogens with zero attached hydrogens (tertiary/aromatic N) is 1. The molecule has 0 aliphatic heterocycles. The van der Waals surface area contributed by atoms with Crippen LogP contribution in [0.5, 0.6) is 0 Å². The predicted octanol–water partition coefficient (Wildman–Crippen LogP) is 1.42. The number of halogens is 1. The van der Waals surface area contributed by atoms with E-state index in [0.717, 1.165) is 4.47 Å². The van der Waals surface area contributed by atoms with Gasteiger partial charge in [0.1, 0.15) is 0 Å². The first-order valence-corrected chi connectivity index (χ1v) is 6.67. The van der Waals surface area contributed by atoms with Crippen molar-refractivity contribution in [3.63, 3.8) is 0 Å². The highest BCUT2D eigenvalue weighted by Crippen LogP contribution is 2.21. The highest BCUT2D eigenvalue weighted by Gasteiger charge is 2.16. The second kappa shape index (κ2) is 4.51. The largest absolute Gasteiger partial charge is 0.398 e. The number of sulfonamides is 1. The molecule has 15 heavy (non-hydrogen) atoms. The third-order valence-electron chi connectivity index (χ3n) is 2.00. The van der Waals surface area contributed by atoms with Gasteiger partial charge in [0.2, 0.25) is 10.0 Å². The summed E-state index contributed by atoms with van der Waals surface area (Å²) >= 11 is 3.28. The maximum Gasteiger partial charge on any atom is 0.217 e. The van der Waals surface area contributed by atoms with Crippen LogP contribution < -0.4 is 5.73 Å². The van der Waals surface area contributed by atoms with Crippen molar-refractivity contribution in [2.24, 2.45) is 0 Å². The number of hydrogen-bond donors (Lipinski definition) is 1. The number of nitrogens with two attached hydrogens (primary N) is 1. The van der Waals surface area contributed by atoms with Crippen molar-refractivity contribution in [3.05, 3.63) is 28.2 Å². The zero-order valence-corrected chi connectivity index (χ0v) is 11.0. The molecule has 0 aliphatic rings. The lowest BCUT2D eigenvalue weighted by Crippen LogP contribution is -2.24. The van der Waals surface area contributed by atoms with Gasteiger partial charge in [-0.15, -0.1) is 0 Å². The molecule has 0 heterocycles. The van der Waals surface area contributed by atoms with Gasteiger partial charge in [-0.3, -0.25) is 0 Å². The predicted molar refractivity (Wildman–Crippen MR) is 64.9 cm³/mol. The molecule has 0 bridgehead atoms. The molecule has 1 aromatic carbocycles. The van der Waals surface area contributed by atoms with Crippen LogP contribution in [0, 0.1) is 0 Å². The molecule has 1 aromatic rings. The monoisotopic (exact) mass is 292 g/mol. The fraction of sp³-hybridized carbons (Fsp3) is 0.333. The van der Waals surface area contributed by atoms with Crippen LogP contribution in [0.15, 0.2) is 22.7 Å². The summed E-state index contributed by atoms with van der Waals surface area (Å²) in [6.07, 6.45) is 0. The third kappa shape index (κ3) is 3.19. The summed E-state index contributed by atoms with van der Waals surface area (Å²) in [5, 5.41) is 0. The third-order valence-corrected chi connectivity index (χ3v) is 4.28. The van der Waals surface area contributed by atoms with Crippen molar-refractivity contribution in [2.75, 3.05) is 19.8 Å². The molecule has 4 nitrogen and oxygen atoms in total. The molecular formula is C9H13BrN2O2S. The Bertz CT molecular complexity index is 457. The van der Waals surface area contributed by atoms with E-state index in [0.29, 0.717) is 11.3 Å². The standard InChI is InChI=1S/C9H13BrN2O2S/c1-12(2)15(13,14)6-7-5-8(10)3-4-9(7)11/h3-5H,6,11H2,1-2H3. The van der Waals surface area contributed by atoms with Gasteiger partial charge in [0.25, 0.3) is 0 Å². The van der Waals surface area contributed by atoms with Crippen LogP contribution in [0.25, 0.3) is 0 Å². The Morgan fingerprint density at radius 3 is 2.53 bits per heavy atom. The molecule has 0 atom stereocenters. The van der Waals surface area contributed by atoms with Gasteiger partial charge >= 0.3 is 0 Å². The van der Waals surface area contributed by atoms with Gasteiger partial charge in [-0.05, 0) is 23.8 Å². The summed E-state index contributed by atoms with van der Waals surface area (Å²) in [5.41, 5.74) is 6.79. The summed E-state index contributed by atoms with van der Waals surface area (Å²) in [6.45, 7) is 0. The van der Waals surface area contributed by atoms with Crippen LogP contribution in [0.3, 0.4) is 0 Å². The van der Waals surface area contributed by atoms with Crippen LogP contribution in [0.2, 0.25) is 0 Å². The molecule has 0 aromatic heterocycles. The molecule has 0 fully saturated rings. The normalized spacial score (nSPS) is 12.0. The summed E-state index contributed by atoms with van der Waals surface area (Å²) in [4.78, 5) is 0. The lowest BCUT2D eigenvalue weighted by atomic mass is 10.2. The van der Waals surface area contributed by atoms with E-state index in [1.165, 1.54) is 18.4 Å². The van der Waals surface area contributed by atoms with Gasteiger partial charge in [0.15, 0.2) is 0 Å². The maximum absolute atomic E-state index is 11.6. The Morgan fingerprint density at radius 2 is 2.00 bits per heavy atom. The van der Waals surface area contributed by atoms with E-state index in [-0.39, 0.29) is 5.75 Å². The highest BCUT2D eigenvalue weighted by molar-refractivity contribution is 9.10. The Morgan fingerprint density at radius 1 is 1.40 bits per heavy atom. The summed E-state index contributed by atoms with van der Waals surface area (Å²) in [6, 6.07) is 5.18. The Hall–Kier alpha value is -0.590. The summed E-state index contributed by atoms with van der Waals surface area (Å²) in [5.74, 6) is -0.0781. The number of anilines is 1. The topological polar surface area (TPSA) is 63.4 Å². The van der Waals surface area contributed by atoms with Crippen molar-refractivity contribution in [3.8, 4) is 0 Å². The zero-order valence-electron chi connectivity index (χ0n) is 8.57. The SMILES string of the molecule is CN(C)S(=O)(=O)Cc1cc(Br)ccc1N. The van der Waals surface area contributed by atoms with Gasteiger partial charge in [0.05, 0.1) is 5.75 Å². The zero-order chi connectivity index (χ0) is 11.6. The van der Waals surface area contributed by atoms with E-state index in [2.05, 4.69) is 15.9 Å². The quantitative estimate of drug-likeness (QED) is 0.857. The van der Waals surface area contributed by atoms with Gasteiger partial charge in [-0.25, -0.2) is 12.7 Å². The minimum atomic E-state index is -3.26. The van der Waals surface area contributed by atoms with Crippen molar-refractivity contribution in [2.45, 2.75) is 5.75 Å². The highest BCUT2D eigenvalue weighted by atomic mass is 79.9. The molecule has 0 saturated carbocycles. The Balaban J connectivity index is 3.05. The van der Waals surface area contributed by atoms with Gasteiger partial charge in [-0.1, -0.05) is 15.9 Å². The molecular weight excluding hydrogens is 280 g/mol. The van der Waals surface area contributed by atoms with Crippen LogP contribution in [0.1, 0.15) is 5.56 Å². The van der Waals surface area contributed by atoms with Crippen molar-refractivity contribution < 1.29 is 8.42 Å². The number of rotatable bonds is 3. The van der Waals surface area contributed by atoms with Gasteiger partial charge in [0, 0.05) is 24.3 Å². The van der Waals surface area contributed by atoms with Crippen LogP contribution >= 0.6 is 15.9 Å². The maximum atomic E-state index is 11.6. The average molecular weight is 293 g/mol. The average Bonchev–Trinajstić information content (AvgIpc) is 2.10. The first kappa shape index (κ1) is 12.5. The first-order chi connectivity index (χ1) is 6.83.